The summed E-state index contributed by atoms with van der Waals surface area (Å²) in [5, 5.41) is 5.84. The number of halogens is 1. The molecule has 0 amide bonds. The van der Waals surface area contributed by atoms with E-state index in [-0.39, 0.29) is 5.41 Å². The predicted molar refractivity (Wildman–Crippen MR) is 73.8 cm³/mol. The van der Waals surface area contributed by atoms with E-state index >= 15 is 0 Å². The van der Waals surface area contributed by atoms with Crippen LogP contribution in [0.1, 0.15) is 4.88 Å². The van der Waals surface area contributed by atoms with Crippen LogP contribution in [0.3, 0.4) is 0 Å². The van der Waals surface area contributed by atoms with Crippen molar-refractivity contribution in [3.05, 3.63) is 20.8 Å². The van der Waals surface area contributed by atoms with Gasteiger partial charge in [-0.1, -0.05) is 0 Å². The van der Waals surface area contributed by atoms with Crippen molar-refractivity contribution in [3.63, 3.8) is 0 Å². The monoisotopic (exact) mass is 316 g/mol. The average molecular weight is 317 g/mol. The second kappa shape index (κ2) is 4.63. The number of thiophene rings is 1. The lowest BCUT2D eigenvalue weighted by Gasteiger charge is -2.49. The van der Waals surface area contributed by atoms with Gasteiger partial charge in [-0.25, -0.2) is 0 Å². The van der Waals surface area contributed by atoms with Crippen molar-refractivity contribution < 1.29 is 4.74 Å². The fourth-order valence-electron chi connectivity index (χ4n) is 2.68. The Balaban J connectivity index is 1.86. The molecule has 2 saturated heterocycles. The SMILES string of the molecule is CN1CCNC(C2(c3cc(Br)cs3)COC2)C1. The molecule has 0 aromatic carbocycles. The zero-order chi connectivity index (χ0) is 11.9. The summed E-state index contributed by atoms with van der Waals surface area (Å²) in [6, 6.07) is 2.77. The number of rotatable bonds is 2. The third-order valence-electron chi connectivity index (χ3n) is 3.82. The van der Waals surface area contributed by atoms with Gasteiger partial charge in [-0.2, -0.15) is 0 Å². The lowest BCUT2D eigenvalue weighted by atomic mass is 9.76. The Hall–Kier alpha value is 0.0600. The van der Waals surface area contributed by atoms with E-state index in [9.17, 15) is 0 Å². The molecular formula is C12H17BrN2OS. The van der Waals surface area contributed by atoms with Crippen molar-refractivity contribution in [3.8, 4) is 0 Å². The summed E-state index contributed by atoms with van der Waals surface area (Å²) in [7, 11) is 2.20. The summed E-state index contributed by atoms with van der Waals surface area (Å²) in [5.74, 6) is 0. The molecular weight excluding hydrogens is 300 g/mol. The normalized spacial score (nSPS) is 28.9. The first-order chi connectivity index (χ1) is 8.21. The Bertz CT molecular complexity index is 405. The standard InChI is InChI=1S/C12H17BrN2OS/c1-15-3-2-14-10(5-15)12(7-16-8-12)11-4-9(13)6-17-11/h4,6,10,14H,2-3,5,7-8H2,1H3. The van der Waals surface area contributed by atoms with E-state index < -0.39 is 0 Å². The molecule has 94 valence electrons. The maximum Gasteiger partial charge on any atom is 0.0679 e. The van der Waals surface area contributed by atoms with Crippen molar-refractivity contribution in [1.82, 2.24) is 10.2 Å². The van der Waals surface area contributed by atoms with E-state index in [2.05, 4.69) is 44.6 Å². The van der Waals surface area contributed by atoms with E-state index in [0.29, 0.717) is 6.04 Å². The van der Waals surface area contributed by atoms with E-state index in [1.165, 1.54) is 9.35 Å². The molecule has 3 heterocycles. The van der Waals surface area contributed by atoms with Crippen LogP contribution in [0, 0.1) is 0 Å². The van der Waals surface area contributed by atoms with Crippen molar-refractivity contribution in [2.24, 2.45) is 0 Å². The highest BCUT2D eigenvalue weighted by atomic mass is 79.9. The van der Waals surface area contributed by atoms with Crippen LogP contribution in [-0.2, 0) is 10.2 Å². The molecule has 5 heteroatoms. The number of hydrogen-bond acceptors (Lipinski definition) is 4. The fourth-order valence-corrected chi connectivity index (χ4v) is 4.34. The summed E-state index contributed by atoms with van der Waals surface area (Å²) >= 11 is 5.39. The van der Waals surface area contributed by atoms with Crippen molar-refractivity contribution in [2.45, 2.75) is 11.5 Å². The van der Waals surface area contributed by atoms with Gasteiger partial charge in [0.1, 0.15) is 0 Å². The zero-order valence-corrected chi connectivity index (χ0v) is 12.3. The van der Waals surface area contributed by atoms with Crippen molar-refractivity contribution in [1.29, 1.82) is 0 Å². The lowest BCUT2D eigenvalue weighted by Crippen LogP contribution is -2.66. The summed E-state index contributed by atoms with van der Waals surface area (Å²) in [5.41, 5.74) is 0.200. The van der Waals surface area contributed by atoms with E-state index in [4.69, 9.17) is 4.74 Å². The molecule has 0 spiro atoms. The first-order valence-corrected chi connectivity index (χ1v) is 7.62. The number of hydrogen-bond donors (Lipinski definition) is 1. The largest absolute Gasteiger partial charge is 0.379 e. The van der Waals surface area contributed by atoms with Crippen LogP contribution in [0.4, 0.5) is 0 Å². The minimum Gasteiger partial charge on any atom is -0.379 e. The zero-order valence-electron chi connectivity index (χ0n) is 9.91. The quantitative estimate of drug-likeness (QED) is 0.898. The highest BCUT2D eigenvalue weighted by Crippen LogP contribution is 2.41. The maximum atomic E-state index is 5.52. The summed E-state index contributed by atoms with van der Waals surface area (Å²) in [4.78, 5) is 3.85. The Labute approximate surface area is 114 Å². The first-order valence-electron chi connectivity index (χ1n) is 5.95. The molecule has 0 saturated carbocycles. The van der Waals surface area contributed by atoms with Gasteiger partial charge in [-0.05, 0) is 29.0 Å². The van der Waals surface area contributed by atoms with Crippen LogP contribution in [0.15, 0.2) is 15.9 Å². The molecule has 2 fully saturated rings. The van der Waals surface area contributed by atoms with Gasteiger partial charge in [-0.15, -0.1) is 11.3 Å². The van der Waals surface area contributed by atoms with Gasteiger partial charge in [-0.3, -0.25) is 0 Å². The third-order valence-corrected chi connectivity index (χ3v) is 5.73. The van der Waals surface area contributed by atoms with E-state index in [1.807, 2.05) is 11.3 Å². The van der Waals surface area contributed by atoms with Crippen LogP contribution in [-0.4, -0.2) is 50.8 Å². The summed E-state index contributed by atoms with van der Waals surface area (Å²) in [6.45, 7) is 5.03. The van der Waals surface area contributed by atoms with Gasteiger partial charge < -0.3 is 15.0 Å². The molecule has 0 aliphatic carbocycles. The van der Waals surface area contributed by atoms with Gasteiger partial charge in [0.25, 0.3) is 0 Å². The molecule has 2 aliphatic rings. The van der Waals surface area contributed by atoms with Crippen molar-refractivity contribution in [2.75, 3.05) is 39.9 Å². The molecule has 1 N–H and O–H groups in total. The maximum absolute atomic E-state index is 5.52. The Morgan fingerprint density at radius 3 is 2.94 bits per heavy atom. The average Bonchev–Trinajstić information content (AvgIpc) is 2.64. The van der Waals surface area contributed by atoms with Gasteiger partial charge >= 0.3 is 0 Å². The van der Waals surface area contributed by atoms with Crippen LogP contribution in [0.25, 0.3) is 0 Å². The Morgan fingerprint density at radius 1 is 1.59 bits per heavy atom. The van der Waals surface area contributed by atoms with Gasteiger partial charge in [0.15, 0.2) is 0 Å². The highest BCUT2D eigenvalue weighted by molar-refractivity contribution is 9.10. The van der Waals surface area contributed by atoms with Crippen LogP contribution in [0.2, 0.25) is 0 Å². The molecule has 17 heavy (non-hydrogen) atoms. The van der Waals surface area contributed by atoms with Gasteiger partial charge in [0.2, 0.25) is 0 Å². The smallest absolute Gasteiger partial charge is 0.0679 e. The molecule has 3 rings (SSSR count). The Kier molecular flexibility index (Phi) is 3.30. The number of nitrogens with one attached hydrogen (secondary N) is 1. The minimum atomic E-state index is 0.200. The molecule has 1 aromatic rings. The van der Waals surface area contributed by atoms with Crippen LogP contribution < -0.4 is 5.32 Å². The summed E-state index contributed by atoms with van der Waals surface area (Å²) in [6.07, 6.45) is 0. The second-order valence-corrected chi connectivity index (χ2v) is 6.87. The van der Waals surface area contributed by atoms with E-state index in [0.717, 1.165) is 32.8 Å². The number of piperazine rings is 1. The Morgan fingerprint density at radius 2 is 2.41 bits per heavy atom. The molecule has 2 aliphatic heterocycles. The summed E-state index contributed by atoms with van der Waals surface area (Å²) < 4.78 is 6.71. The topological polar surface area (TPSA) is 24.5 Å². The molecule has 1 atom stereocenters. The number of nitrogens with zero attached hydrogens (tertiary/aromatic N) is 1. The molecule has 0 radical (unpaired) electrons. The van der Waals surface area contributed by atoms with Crippen molar-refractivity contribution >= 4 is 27.3 Å². The lowest BCUT2D eigenvalue weighted by molar-refractivity contribution is -0.0847. The number of ether oxygens (including phenoxy) is 1. The van der Waals surface area contributed by atoms with Crippen LogP contribution in [0.5, 0.6) is 0 Å². The number of likely N-dealkylation sites (N-methyl/N-ethyl adjacent to an activating group) is 1. The molecule has 0 bridgehead atoms. The third kappa shape index (κ3) is 2.08. The van der Waals surface area contributed by atoms with Gasteiger partial charge in [0, 0.05) is 40.4 Å². The van der Waals surface area contributed by atoms with Crippen LogP contribution >= 0.6 is 27.3 Å². The predicted octanol–water partition coefficient (Wildman–Crippen LogP) is 1.68. The molecule has 1 unspecified atom stereocenters. The second-order valence-electron chi connectivity index (χ2n) is 5.05. The molecule has 1 aromatic heterocycles. The van der Waals surface area contributed by atoms with Gasteiger partial charge in [0.05, 0.1) is 18.6 Å². The first kappa shape index (κ1) is 12.1. The minimum absolute atomic E-state index is 0.200. The fraction of sp³-hybridized carbons (Fsp3) is 0.667. The van der Waals surface area contributed by atoms with E-state index in [1.54, 1.807) is 0 Å². The molecule has 3 nitrogen and oxygen atoms in total. The highest BCUT2D eigenvalue weighted by Gasteiger charge is 2.48.